The molecule has 8 nitrogen and oxygen atoms in total. The van der Waals surface area contributed by atoms with Crippen molar-refractivity contribution in [1.29, 1.82) is 0 Å². The lowest BCUT2D eigenvalue weighted by atomic mass is 9.99. The second-order valence-electron chi connectivity index (χ2n) is 8.48. The van der Waals surface area contributed by atoms with Crippen molar-refractivity contribution in [3.05, 3.63) is 41.6 Å². The molecule has 3 aliphatic rings. The fourth-order valence-corrected chi connectivity index (χ4v) is 4.60. The number of halogens is 2. The Kier molecular flexibility index (Phi) is 4.94. The van der Waals surface area contributed by atoms with E-state index < -0.39 is 11.6 Å². The number of amidine groups is 2. The molecule has 2 atom stereocenters. The largest absolute Gasteiger partial charge is 0.352 e. The lowest BCUT2D eigenvalue weighted by Gasteiger charge is -2.37. The van der Waals surface area contributed by atoms with E-state index in [1.54, 1.807) is 19.0 Å². The molecule has 1 amide bonds. The van der Waals surface area contributed by atoms with Crippen LogP contribution in [0.5, 0.6) is 0 Å². The summed E-state index contributed by atoms with van der Waals surface area (Å²) >= 11 is 0. The molecular weight excluding hydrogens is 416 g/mol. The summed E-state index contributed by atoms with van der Waals surface area (Å²) in [6, 6.07) is 0.860. The van der Waals surface area contributed by atoms with E-state index in [1.165, 1.54) is 16.9 Å². The van der Waals surface area contributed by atoms with Crippen molar-refractivity contribution in [2.24, 2.45) is 17.1 Å². The van der Waals surface area contributed by atoms with Gasteiger partial charge in [0.2, 0.25) is 5.91 Å². The fraction of sp³-hybridized carbons (Fsp3) is 0.455. The summed E-state index contributed by atoms with van der Waals surface area (Å²) in [6.07, 6.45) is 5.37. The third kappa shape index (κ3) is 3.34. The molecule has 0 aliphatic carbocycles. The molecule has 1 saturated heterocycles. The average molecular weight is 441 g/mol. The highest BCUT2D eigenvalue weighted by atomic mass is 19.1. The first-order valence-corrected chi connectivity index (χ1v) is 10.8. The van der Waals surface area contributed by atoms with Gasteiger partial charge in [0, 0.05) is 58.2 Å². The Morgan fingerprint density at radius 2 is 1.88 bits per heavy atom. The number of piperazine rings is 1. The Morgan fingerprint density at radius 1 is 1.16 bits per heavy atom. The van der Waals surface area contributed by atoms with Gasteiger partial charge >= 0.3 is 0 Å². The number of rotatable bonds is 2. The van der Waals surface area contributed by atoms with Gasteiger partial charge in [-0.05, 0) is 19.1 Å². The summed E-state index contributed by atoms with van der Waals surface area (Å²) in [5.74, 6) is 0.372. The number of nitrogens with zero attached hydrogens (tertiary/aromatic N) is 7. The fourth-order valence-electron chi connectivity index (χ4n) is 4.60. The molecule has 2 unspecified atom stereocenters. The molecule has 5 rings (SSSR count). The van der Waals surface area contributed by atoms with Gasteiger partial charge in [0.25, 0.3) is 0 Å². The van der Waals surface area contributed by atoms with Crippen LogP contribution in [0.2, 0.25) is 0 Å². The molecule has 0 radical (unpaired) electrons. The minimum atomic E-state index is -0.587. The predicted molar refractivity (Wildman–Crippen MR) is 117 cm³/mol. The molecule has 1 aromatic heterocycles. The van der Waals surface area contributed by atoms with Crippen LogP contribution in [0.1, 0.15) is 19.4 Å². The molecule has 32 heavy (non-hydrogen) atoms. The number of fused-ring (bicyclic) bond motifs is 2. The third-order valence-electron chi connectivity index (χ3n) is 6.53. The number of benzene rings is 1. The van der Waals surface area contributed by atoms with E-state index in [2.05, 4.69) is 15.0 Å². The van der Waals surface area contributed by atoms with Crippen LogP contribution >= 0.6 is 0 Å². The minimum Gasteiger partial charge on any atom is -0.352 e. The Morgan fingerprint density at radius 3 is 2.59 bits per heavy atom. The van der Waals surface area contributed by atoms with Crippen molar-refractivity contribution in [3.8, 4) is 0 Å². The number of aliphatic imine (C=N–C) groups is 1. The van der Waals surface area contributed by atoms with Gasteiger partial charge in [0.15, 0.2) is 0 Å². The van der Waals surface area contributed by atoms with E-state index in [4.69, 9.17) is 5.10 Å². The Balaban J connectivity index is 1.40. The summed E-state index contributed by atoms with van der Waals surface area (Å²) in [5.41, 5.74) is 0.450. The first kappa shape index (κ1) is 20.6. The number of hydrazone groups is 1. The molecule has 2 aromatic rings. The highest BCUT2D eigenvalue weighted by Crippen LogP contribution is 2.30. The van der Waals surface area contributed by atoms with Crippen LogP contribution in [0.15, 0.2) is 34.5 Å². The summed E-state index contributed by atoms with van der Waals surface area (Å²) in [7, 11) is 1.66. The monoisotopic (exact) mass is 441 g/mol. The molecule has 0 saturated carbocycles. The number of aromatic nitrogens is 2. The van der Waals surface area contributed by atoms with E-state index in [0.29, 0.717) is 42.9 Å². The quantitative estimate of drug-likeness (QED) is 0.714. The van der Waals surface area contributed by atoms with E-state index >= 15 is 4.39 Å². The van der Waals surface area contributed by atoms with Crippen molar-refractivity contribution >= 4 is 28.5 Å². The molecule has 0 bridgehead atoms. The molecule has 4 heterocycles. The summed E-state index contributed by atoms with van der Waals surface area (Å²) in [6.45, 7) is 6.17. The Hall–Kier alpha value is -3.30. The lowest BCUT2D eigenvalue weighted by molar-refractivity contribution is -0.130. The molecule has 3 aliphatic heterocycles. The molecule has 0 N–H and O–H groups in total. The highest BCUT2D eigenvalue weighted by Gasteiger charge is 2.37. The molecular formula is C22H25F2N7O. The number of aryl methyl sites for hydroxylation is 1. The van der Waals surface area contributed by atoms with Gasteiger partial charge in [-0.1, -0.05) is 0 Å². The van der Waals surface area contributed by atoms with Gasteiger partial charge in [-0.25, -0.2) is 13.8 Å². The van der Waals surface area contributed by atoms with Crippen molar-refractivity contribution in [1.82, 2.24) is 24.6 Å². The lowest BCUT2D eigenvalue weighted by Crippen LogP contribution is -2.51. The SMILES string of the molecule is CC(=O)N1CCN(C2=NN3C(=NC(C)C3Cc3c(F)cc4c(cnn4C)c3F)C=C2)CC1. The summed E-state index contributed by atoms with van der Waals surface area (Å²) in [4.78, 5) is 20.2. The maximum Gasteiger partial charge on any atom is 0.219 e. The molecule has 168 valence electrons. The molecule has 1 fully saturated rings. The maximum absolute atomic E-state index is 15.2. The van der Waals surface area contributed by atoms with Gasteiger partial charge in [-0.15, -0.1) is 0 Å². The van der Waals surface area contributed by atoms with Gasteiger partial charge in [0.05, 0.1) is 29.2 Å². The summed E-state index contributed by atoms with van der Waals surface area (Å²) < 4.78 is 31.5. The van der Waals surface area contributed by atoms with Crippen molar-refractivity contribution in [2.75, 3.05) is 26.2 Å². The molecule has 1 aromatic carbocycles. The first-order chi connectivity index (χ1) is 15.3. The van der Waals surface area contributed by atoms with Crippen molar-refractivity contribution < 1.29 is 13.6 Å². The first-order valence-electron chi connectivity index (χ1n) is 10.8. The smallest absolute Gasteiger partial charge is 0.219 e. The van der Waals surface area contributed by atoms with Crippen LogP contribution in [0.25, 0.3) is 10.9 Å². The van der Waals surface area contributed by atoms with E-state index in [1.807, 2.05) is 24.0 Å². The van der Waals surface area contributed by atoms with Crippen molar-refractivity contribution in [2.45, 2.75) is 32.4 Å². The van der Waals surface area contributed by atoms with E-state index in [9.17, 15) is 9.18 Å². The van der Waals surface area contributed by atoms with Crippen LogP contribution in [0, 0.1) is 11.6 Å². The topological polar surface area (TPSA) is 69.3 Å². The predicted octanol–water partition coefficient (Wildman–Crippen LogP) is 1.91. The molecule has 10 heteroatoms. The van der Waals surface area contributed by atoms with Crippen LogP contribution in [0.4, 0.5) is 8.78 Å². The van der Waals surface area contributed by atoms with Gasteiger partial charge in [-0.3, -0.25) is 14.5 Å². The number of carbonyl (C=O) groups excluding carboxylic acids is 1. The number of hydrogen-bond acceptors (Lipinski definition) is 6. The second-order valence-corrected chi connectivity index (χ2v) is 8.48. The number of hydrogen-bond donors (Lipinski definition) is 0. The average Bonchev–Trinajstić information content (AvgIpc) is 3.30. The van der Waals surface area contributed by atoms with E-state index in [-0.39, 0.29) is 30.0 Å². The van der Waals surface area contributed by atoms with E-state index in [0.717, 1.165) is 5.84 Å². The normalized spacial score (nSPS) is 23.0. The second kappa shape index (κ2) is 7.68. The zero-order valence-corrected chi connectivity index (χ0v) is 18.3. The maximum atomic E-state index is 15.2. The summed E-state index contributed by atoms with van der Waals surface area (Å²) in [5, 5.41) is 10.9. The highest BCUT2D eigenvalue weighted by molar-refractivity contribution is 6.06. The van der Waals surface area contributed by atoms with Crippen LogP contribution in [0.3, 0.4) is 0 Å². The number of carbonyl (C=O) groups is 1. The Labute approximate surface area is 184 Å². The van der Waals surface area contributed by atoms with Crippen LogP contribution in [-0.2, 0) is 18.3 Å². The van der Waals surface area contributed by atoms with Gasteiger partial charge < -0.3 is 9.80 Å². The minimum absolute atomic E-state index is 0.0279. The van der Waals surface area contributed by atoms with Crippen molar-refractivity contribution in [3.63, 3.8) is 0 Å². The van der Waals surface area contributed by atoms with Crippen LogP contribution in [-0.4, -0.2) is 80.4 Å². The molecule has 0 spiro atoms. The number of amides is 1. The zero-order chi connectivity index (χ0) is 22.6. The van der Waals surface area contributed by atoms with Gasteiger partial charge in [-0.2, -0.15) is 10.2 Å². The van der Waals surface area contributed by atoms with Crippen LogP contribution < -0.4 is 0 Å². The standard InChI is InChI=1S/C22H25F2N7O/c1-13-18(10-15-17(23)11-19-16(22(15)24)12-25-28(19)3)31-20(26-13)4-5-21(27-31)30-8-6-29(7-9-30)14(2)32/h4-5,11-13,18H,6-10H2,1-3H3. The van der Waals surface area contributed by atoms with Gasteiger partial charge in [0.1, 0.15) is 23.3 Å². The third-order valence-corrected chi connectivity index (χ3v) is 6.53. The zero-order valence-electron chi connectivity index (χ0n) is 18.3. The Bertz CT molecular complexity index is 1180.